The van der Waals surface area contributed by atoms with Crippen LogP contribution in [0.3, 0.4) is 0 Å². The van der Waals surface area contributed by atoms with E-state index in [4.69, 9.17) is 12.2 Å². The van der Waals surface area contributed by atoms with Crippen molar-refractivity contribution in [3.63, 3.8) is 0 Å². The topological polar surface area (TPSA) is 58.7 Å². The molecule has 0 spiro atoms. The van der Waals surface area contributed by atoms with Gasteiger partial charge in [0.25, 0.3) is 0 Å². The third kappa shape index (κ3) is 4.15. The van der Waals surface area contributed by atoms with Gasteiger partial charge in [0.05, 0.1) is 6.67 Å². The Morgan fingerprint density at radius 1 is 1.52 bits per heavy atom. The Hall–Kier alpha value is -2.71. The van der Waals surface area contributed by atoms with Crippen molar-refractivity contribution in [3.05, 3.63) is 54.0 Å². The predicted octanol–water partition coefficient (Wildman–Crippen LogP) is 2.91. The zero-order valence-corrected chi connectivity index (χ0v) is 12.7. The summed E-state index contributed by atoms with van der Waals surface area (Å²) >= 11 is 0. The van der Waals surface area contributed by atoms with Crippen LogP contribution in [0.5, 0.6) is 0 Å². The molecule has 118 valence electrons. The maximum atomic E-state index is 14.3. The van der Waals surface area contributed by atoms with Crippen molar-refractivity contribution < 1.29 is 9.18 Å². The molecule has 0 aromatic heterocycles. The number of halogens is 1. The molecule has 1 aliphatic rings. The molecule has 0 radical (unpaired) electrons. The lowest BCUT2D eigenvalue weighted by atomic mass is 10.1. The van der Waals surface area contributed by atoms with Crippen LogP contribution in [0, 0.1) is 12.3 Å². The van der Waals surface area contributed by atoms with Gasteiger partial charge in [-0.2, -0.15) is 0 Å². The molecule has 5 heteroatoms. The van der Waals surface area contributed by atoms with Crippen LogP contribution < -0.4 is 10.6 Å². The molecule has 0 saturated heterocycles. The van der Waals surface area contributed by atoms with E-state index in [1.54, 1.807) is 35.4 Å². The van der Waals surface area contributed by atoms with E-state index in [1.165, 1.54) is 6.08 Å². The molecule has 0 atom stereocenters. The van der Waals surface area contributed by atoms with E-state index in [1.807, 2.05) is 6.08 Å². The number of hydrogen-bond donors (Lipinski definition) is 1. The van der Waals surface area contributed by atoms with Crippen LogP contribution in [0.1, 0.15) is 24.8 Å². The van der Waals surface area contributed by atoms with E-state index in [-0.39, 0.29) is 24.7 Å². The standard InChI is InChI=1S/C18H18FN3O/c1-2-3-9-16(19)18(21-13-20)14-7-6-8-15(12-14)22-11-5-4-10-17(22)23/h1,5-9,11-12H,3-4,10,13,20H2/b16-9+,21-18-. The van der Waals surface area contributed by atoms with E-state index >= 15 is 0 Å². The van der Waals surface area contributed by atoms with Crippen LogP contribution in [0.2, 0.25) is 0 Å². The lowest BCUT2D eigenvalue weighted by molar-refractivity contribution is -0.118. The van der Waals surface area contributed by atoms with Crippen LogP contribution in [0.15, 0.2) is 53.4 Å². The fraction of sp³-hybridized carbons (Fsp3) is 0.222. The second kappa shape index (κ2) is 8.06. The van der Waals surface area contributed by atoms with Gasteiger partial charge in [-0.25, -0.2) is 4.39 Å². The largest absolute Gasteiger partial charge is 0.312 e. The van der Waals surface area contributed by atoms with E-state index in [0.717, 1.165) is 6.42 Å². The minimum atomic E-state index is -0.522. The Morgan fingerprint density at radius 3 is 3.04 bits per heavy atom. The molecule has 1 aliphatic heterocycles. The highest BCUT2D eigenvalue weighted by atomic mass is 19.1. The molecule has 1 heterocycles. The van der Waals surface area contributed by atoms with Crippen LogP contribution in [0.4, 0.5) is 10.1 Å². The average Bonchev–Trinajstić information content (AvgIpc) is 2.58. The van der Waals surface area contributed by atoms with Crippen molar-refractivity contribution in [2.24, 2.45) is 10.7 Å². The Morgan fingerprint density at radius 2 is 2.35 bits per heavy atom. The summed E-state index contributed by atoms with van der Waals surface area (Å²) in [4.78, 5) is 17.6. The molecule has 0 saturated carbocycles. The van der Waals surface area contributed by atoms with Crippen molar-refractivity contribution >= 4 is 17.3 Å². The molecule has 1 amide bonds. The summed E-state index contributed by atoms with van der Waals surface area (Å²) in [7, 11) is 0. The summed E-state index contributed by atoms with van der Waals surface area (Å²) in [5, 5.41) is 0. The van der Waals surface area contributed by atoms with Crippen LogP contribution in [-0.4, -0.2) is 18.3 Å². The molecule has 23 heavy (non-hydrogen) atoms. The fourth-order valence-electron chi connectivity index (χ4n) is 2.26. The van der Waals surface area contributed by atoms with Gasteiger partial charge in [0.1, 0.15) is 11.5 Å². The van der Waals surface area contributed by atoms with Gasteiger partial charge in [-0.05, 0) is 24.6 Å². The number of rotatable bonds is 5. The first-order valence-electron chi connectivity index (χ1n) is 7.30. The van der Waals surface area contributed by atoms with Gasteiger partial charge in [-0.1, -0.05) is 18.2 Å². The zero-order chi connectivity index (χ0) is 16.7. The minimum Gasteiger partial charge on any atom is -0.312 e. The summed E-state index contributed by atoms with van der Waals surface area (Å²) < 4.78 is 14.3. The normalized spacial score (nSPS) is 15.7. The lowest BCUT2D eigenvalue weighted by Crippen LogP contribution is -2.27. The molecule has 4 nitrogen and oxygen atoms in total. The predicted molar refractivity (Wildman–Crippen MR) is 90.5 cm³/mol. The Bertz CT molecular complexity index is 713. The highest BCUT2D eigenvalue weighted by Gasteiger charge is 2.17. The van der Waals surface area contributed by atoms with E-state index in [0.29, 0.717) is 17.7 Å². The fourth-order valence-corrected chi connectivity index (χ4v) is 2.26. The number of nitrogens with two attached hydrogens (primary N) is 1. The first-order chi connectivity index (χ1) is 11.2. The first kappa shape index (κ1) is 16.7. The maximum Gasteiger partial charge on any atom is 0.231 e. The highest BCUT2D eigenvalue weighted by Crippen LogP contribution is 2.23. The number of nitrogens with zero attached hydrogens (tertiary/aromatic N) is 2. The van der Waals surface area contributed by atoms with Crippen molar-refractivity contribution in [3.8, 4) is 12.3 Å². The molecule has 1 aromatic carbocycles. The number of terminal acetylenes is 1. The quantitative estimate of drug-likeness (QED) is 0.671. The van der Waals surface area contributed by atoms with Gasteiger partial charge in [0, 0.05) is 30.3 Å². The van der Waals surface area contributed by atoms with Crippen molar-refractivity contribution in [1.82, 2.24) is 0 Å². The van der Waals surface area contributed by atoms with Gasteiger partial charge < -0.3 is 5.73 Å². The van der Waals surface area contributed by atoms with Crippen LogP contribution in [0.25, 0.3) is 0 Å². The zero-order valence-electron chi connectivity index (χ0n) is 12.7. The number of aliphatic imine (C=N–C) groups is 1. The van der Waals surface area contributed by atoms with Gasteiger partial charge >= 0.3 is 0 Å². The number of anilines is 1. The third-order valence-electron chi connectivity index (χ3n) is 3.32. The number of amides is 1. The van der Waals surface area contributed by atoms with Gasteiger partial charge in [0.2, 0.25) is 5.91 Å². The lowest BCUT2D eigenvalue weighted by Gasteiger charge is -2.22. The number of benzene rings is 1. The van der Waals surface area contributed by atoms with Gasteiger partial charge in [0.15, 0.2) is 0 Å². The minimum absolute atomic E-state index is 0.00492. The second-order valence-electron chi connectivity index (χ2n) is 4.89. The summed E-state index contributed by atoms with van der Waals surface area (Å²) in [6.07, 6.45) is 11.5. The van der Waals surface area contributed by atoms with E-state index < -0.39 is 5.83 Å². The Balaban J connectivity index is 2.38. The van der Waals surface area contributed by atoms with E-state index in [2.05, 4.69) is 10.9 Å². The van der Waals surface area contributed by atoms with Crippen molar-refractivity contribution in [2.75, 3.05) is 11.6 Å². The molecule has 2 rings (SSSR count). The maximum absolute atomic E-state index is 14.3. The van der Waals surface area contributed by atoms with Gasteiger partial charge in [-0.15, -0.1) is 12.3 Å². The number of hydrogen-bond acceptors (Lipinski definition) is 3. The first-order valence-corrected chi connectivity index (χ1v) is 7.30. The smallest absolute Gasteiger partial charge is 0.231 e. The average molecular weight is 311 g/mol. The molecule has 1 aromatic rings. The Labute approximate surface area is 135 Å². The summed E-state index contributed by atoms with van der Waals surface area (Å²) in [6, 6.07) is 6.98. The van der Waals surface area contributed by atoms with Crippen LogP contribution in [-0.2, 0) is 4.79 Å². The monoisotopic (exact) mass is 311 g/mol. The number of carbonyl (C=O) groups is 1. The summed E-state index contributed by atoms with van der Waals surface area (Å²) in [5.41, 5.74) is 6.79. The van der Waals surface area contributed by atoms with Crippen molar-refractivity contribution in [2.45, 2.75) is 19.3 Å². The molecule has 0 fully saturated rings. The molecular formula is C18H18FN3O. The highest BCUT2D eigenvalue weighted by molar-refractivity contribution is 6.12. The second-order valence-corrected chi connectivity index (χ2v) is 4.89. The Kier molecular flexibility index (Phi) is 5.84. The number of carbonyl (C=O) groups excluding carboxylic acids is 1. The summed E-state index contributed by atoms with van der Waals surface area (Å²) in [5.74, 6) is 1.83. The molecule has 0 bridgehead atoms. The molecular weight excluding hydrogens is 293 g/mol. The molecule has 0 aliphatic carbocycles. The van der Waals surface area contributed by atoms with Crippen LogP contribution >= 0.6 is 0 Å². The van der Waals surface area contributed by atoms with E-state index in [9.17, 15) is 9.18 Å². The van der Waals surface area contributed by atoms with Gasteiger partial charge in [-0.3, -0.25) is 14.7 Å². The van der Waals surface area contributed by atoms with Crippen molar-refractivity contribution in [1.29, 1.82) is 0 Å². The number of allylic oxidation sites excluding steroid dienone is 3. The summed E-state index contributed by atoms with van der Waals surface area (Å²) in [6.45, 7) is -0.0422. The molecule has 2 N–H and O–H groups in total. The SMILES string of the molecule is C#CC/C=C(F)\C(=N/CN)c1cccc(N2C=CCCC2=O)c1. The third-order valence-corrected chi connectivity index (χ3v) is 3.32. The molecule has 0 unspecified atom stereocenters.